The van der Waals surface area contributed by atoms with Gasteiger partial charge in [0.05, 0.1) is 16.0 Å². The molecule has 164 valence electrons. The second-order valence-electron chi connectivity index (χ2n) is 7.17. The van der Waals surface area contributed by atoms with Crippen molar-refractivity contribution >= 4 is 62.5 Å². The zero-order valence-electron chi connectivity index (χ0n) is 17.2. The number of para-hydroxylation sites is 2. The summed E-state index contributed by atoms with van der Waals surface area (Å²) in [4.78, 5) is 28.0. The fourth-order valence-corrected chi connectivity index (χ4v) is 5.14. The highest BCUT2D eigenvalue weighted by Crippen LogP contribution is 2.42. The number of hydrogen-bond donors (Lipinski definition) is 1. The molecule has 3 aromatic carbocycles. The van der Waals surface area contributed by atoms with Crippen molar-refractivity contribution in [1.29, 1.82) is 5.26 Å². The average Bonchev–Trinajstić information content (AvgIpc) is 3.13. The molecule has 33 heavy (non-hydrogen) atoms. The summed E-state index contributed by atoms with van der Waals surface area (Å²) in [5.74, 6) is -0.798. The van der Waals surface area contributed by atoms with Crippen molar-refractivity contribution in [2.75, 3.05) is 10.2 Å². The normalized spacial score (nSPS) is 16.9. The first-order valence-corrected chi connectivity index (χ1v) is 12.0. The van der Waals surface area contributed by atoms with Crippen molar-refractivity contribution in [2.45, 2.75) is 11.7 Å². The summed E-state index contributed by atoms with van der Waals surface area (Å²) in [7, 11) is 0. The van der Waals surface area contributed by atoms with Crippen LogP contribution in [0.5, 0.6) is 0 Å². The van der Waals surface area contributed by atoms with Gasteiger partial charge in [0.25, 0.3) is 5.91 Å². The van der Waals surface area contributed by atoms with Gasteiger partial charge in [-0.3, -0.25) is 14.5 Å². The van der Waals surface area contributed by atoms with Crippen LogP contribution in [0.1, 0.15) is 5.56 Å². The number of anilines is 2. The number of hydrogen-bond acceptors (Lipinski definition) is 4. The molecule has 1 heterocycles. The minimum atomic E-state index is -0.619. The van der Waals surface area contributed by atoms with E-state index in [0.717, 1.165) is 10.0 Å². The van der Waals surface area contributed by atoms with Gasteiger partial charge in [0, 0.05) is 10.2 Å². The molecule has 1 aliphatic rings. The van der Waals surface area contributed by atoms with Crippen molar-refractivity contribution in [1.82, 2.24) is 0 Å². The number of carbonyl (C=O) groups is 2. The maximum atomic E-state index is 13.4. The van der Waals surface area contributed by atoms with Gasteiger partial charge in [-0.2, -0.15) is 5.26 Å². The summed E-state index contributed by atoms with van der Waals surface area (Å²) in [5, 5.41) is 12.8. The van der Waals surface area contributed by atoms with Crippen LogP contribution >= 0.6 is 39.3 Å². The second-order valence-corrected chi connectivity index (χ2v) is 9.69. The van der Waals surface area contributed by atoms with Gasteiger partial charge >= 0.3 is 0 Å². The molecule has 5 nitrogen and oxygen atoms in total. The number of rotatable bonds is 5. The third-order valence-electron chi connectivity index (χ3n) is 4.98. The minimum absolute atomic E-state index is 0.143. The molecule has 0 saturated carbocycles. The predicted molar refractivity (Wildman–Crippen MR) is 136 cm³/mol. The monoisotopic (exact) mass is 537 g/mol. The topological polar surface area (TPSA) is 73.2 Å². The molecule has 2 amide bonds. The summed E-state index contributed by atoms with van der Waals surface area (Å²) in [6, 6.07) is 25.5. The number of thioether (sulfide) groups is 1. The fraction of sp³-hybridized carbons (Fsp3) is 0.0800. The zero-order chi connectivity index (χ0) is 23.4. The maximum absolute atomic E-state index is 13.4. The molecule has 0 radical (unpaired) electrons. The third kappa shape index (κ3) is 5.14. The Balaban J connectivity index is 1.72. The van der Waals surface area contributed by atoms with E-state index in [9.17, 15) is 14.9 Å². The Morgan fingerprint density at radius 1 is 1.06 bits per heavy atom. The van der Waals surface area contributed by atoms with Gasteiger partial charge in [-0.15, -0.1) is 0 Å². The van der Waals surface area contributed by atoms with E-state index >= 15 is 0 Å². The van der Waals surface area contributed by atoms with Crippen LogP contribution in [-0.4, -0.2) is 17.1 Å². The van der Waals surface area contributed by atoms with Gasteiger partial charge in [0.15, 0.2) is 0 Å². The van der Waals surface area contributed by atoms with E-state index in [2.05, 4.69) is 21.2 Å². The SMILES string of the molecule is N#CC(C(=O)Nc1ccccc1Cl)=C1SC(Cc2ccc(Br)cc2)C(=O)N1c1ccccc1. The van der Waals surface area contributed by atoms with E-state index in [-0.39, 0.29) is 11.5 Å². The average molecular weight is 539 g/mol. The van der Waals surface area contributed by atoms with Gasteiger partial charge in [0.1, 0.15) is 16.7 Å². The number of carbonyl (C=O) groups excluding carboxylic acids is 2. The number of nitrogens with zero attached hydrogens (tertiary/aromatic N) is 2. The molecule has 1 fully saturated rings. The summed E-state index contributed by atoms with van der Waals surface area (Å²) in [6.45, 7) is 0. The van der Waals surface area contributed by atoms with Crippen molar-refractivity contribution < 1.29 is 9.59 Å². The van der Waals surface area contributed by atoms with Crippen LogP contribution in [0.4, 0.5) is 11.4 Å². The molecule has 1 aliphatic heterocycles. The lowest BCUT2D eigenvalue weighted by Crippen LogP contribution is -2.30. The minimum Gasteiger partial charge on any atom is -0.320 e. The molecule has 1 N–H and O–H groups in total. The molecular weight excluding hydrogens is 522 g/mol. The molecule has 0 aromatic heterocycles. The number of nitrogens with one attached hydrogen (secondary N) is 1. The lowest BCUT2D eigenvalue weighted by molar-refractivity contribution is -0.117. The van der Waals surface area contributed by atoms with Crippen LogP contribution in [0.2, 0.25) is 5.02 Å². The maximum Gasteiger partial charge on any atom is 0.269 e. The van der Waals surface area contributed by atoms with E-state index in [4.69, 9.17) is 11.6 Å². The Hall–Kier alpha value is -3.05. The molecule has 0 bridgehead atoms. The van der Waals surface area contributed by atoms with Crippen LogP contribution in [-0.2, 0) is 16.0 Å². The summed E-state index contributed by atoms with van der Waals surface area (Å²) < 4.78 is 0.950. The Morgan fingerprint density at radius 2 is 1.73 bits per heavy atom. The van der Waals surface area contributed by atoms with Gasteiger partial charge < -0.3 is 5.32 Å². The Labute approximate surface area is 209 Å². The molecule has 0 spiro atoms. The number of amides is 2. The second kappa shape index (κ2) is 10.3. The molecule has 8 heteroatoms. The highest BCUT2D eigenvalue weighted by Gasteiger charge is 2.40. The number of nitriles is 1. The molecular formula is C25H17BrClN3O2S. The first kappa shape index (κ1) is 23.1. The van der Waals surface area contributed by atoms with E-state index in [1.165, 1.54) is 16.7 Å². The zero-order valence-corrected chi connectivity index (χ0v) is 20.3. The first-order chi connectivity index (χ1) is 16.0. The Bertz CT molecular complexity index is 1270. The quantitative estimate of drug-likeness (QED) is 0.312. The first-order valence-electron chi connectivity index (χ1n) is 9.98. The van der Waals surface area contributed by atoms with Gasteiger partial charge in [-0.05, 0) is 48.4 Å². The van der Waals surface area contributed by atoms with Crippen LogP contribution in [0, 0.1) is 11.3 Å². The molecule has 1 saturated heterocycles. The van der Waals surface area contributed by atoms with Crippen LogP contribution < -0.4 is 10.2 Å². The highest BCUT2D eigenvalue weighted by atomic mass is 79.9. The smallest absolute Gasteiger partial charge is 0.269 e. The molecule has 1 unspecified atom stereocenters. The molecule has 0 aliphatic carbocycles. The summed E-state index contributed by atoms with van der Waals surface area (Å²) in [5.41, 5.74) is 1.83. The van der Waals surface area contributed by atoms with Crippen LogP contribution in [0.15, 0.2) is 93.9 Å². The van der Waals surface area contributed by atoms with Crippen molar-refractivity contribution in [3.05, 3.63) is 105 Å². The van der Waals surface area contributed by atoms with Gasteiger partial charge in [-0.25, -0.2) is 0 Å². The Morgan fingerprint density at radius 3 is 2.39 bits per heavy atom. The lowest BCUT2D eigenvalue weighted by atomic mass is 10.1. The standard InChI is InChI=1S/C25H17BrClN3O2S/c26-17-12-10-16(11-13-17)14-22-24(32)30(18-6-2-1-3-7-18)25(33-22)19(15-28)23(31)29-21-9-5-4-8-20(21)27/h1-13,22H,14H2,(H,29,31). The van der Waals surface area contributed by atoms with E-state index in [1.807, 2.05) is 48.5 Å². The van der Waals surface area contributed by atoms with Gasteiger partial charge in [0.2, 0.25) is 5.91 Å². The van der Waals surface area contributed by atoms with Gasteiger partial charge in [-0.1, -0.05) is 81.8 Å². The van der Waals surface area contributed by atoms with Crippen molar-refractivity contribution in [2.24, 2.45) is 0 Å². The van der Waals surface area contributed by atoms with Crippen LogP contribution in [0.25, 0.3) is 0 Å². The Kier molecular flexibility index (Phi) is 7.19. The molecule has 4 rings (SSSR count). The summed E-state index contributed by atoms with van der Waals surface area (Å²) >= 11 is 10.8. The molecule has 1 atom stereocenters. The number of benzene rings is 3. The predicted octanol–water partition coefficient (Wildman–Crippen LogP) is 6.17. The number of halogens is 2. The van der Waals surface area contributed by atoms with Crippen molar-refractivity contribution in [3.63, 3.8) is 0 Å². The highest BCUT2D eigenvalue weighted by molar-refractivity contribution is 9.10. The van der Waals surface area contributed by atoms with E-state index < -0.39 is 11.2 Å². The third-order valence-corrected chi connectivity index (χ3v) is 7.10. The lowest BCUT2D eigenvalue weighted by Gasteiger charge is -2.18. The van der Waals surface area contributed by atoms with E-state index in [0.29, 0.717) is 27.8 Å². The van der Waals surface area contributed by atoms with Crippen molar-refractivity contribution in [3.8, 4) is 6.07 Å². The van der Waals surface area contributed by atoms with Crippen LogP contribution in [0.3, 0.4) is 0 Å². The molecule has 3 aromatic rings. The summed E-state index contributed by atoms with van der Waals surface area (Å²) in [6.07, 6.45) is 0.467. The van der Waals surface area contributed by atoms with E-state index in [1.54, 1.807) is 36.4 Å². The fourth-order valence-electron chi connectivity index (χ4n) is 3.38. The largest absolute Gasteiger partial charge is 0.320 e.